The van der Waals surface area contributed by atoms with Crippen molar-refractivity contribution in [3.63, 3.8) is 0 Å². The van der Waals surface area contributed by atoms with Crippen LogP contribution in [0.5, 0.6) is 0 Å². The van der Waals surface area contributed by atoms with E-state index in [0.717, 1.165) is 30.5 Å². The fourth-order valence-electron chi connectivity index (χ4n) is 4.06. The van der Waals surface area contributed by atoms with Gasteiger partial charge in [-0.2, -0.15) is 0 Å². The van der Waals surface area contributed by atoms with E-state index in [4.69, 9.17) is 0 Å². The van der Waals surface area contributed by atoms with Crippen molar-refractivity contribution in [1.29, 1.82) is 0 Å². The highest BCUT2D eigenvalue weighted by molar-refractivity contribution is 5.88. The van der Waals surface area contributed by atoms with Gasteiger partial charge in [-0.05, 0) is 49.3 Å². The Hall–Kier alpha value is -3.15. The van der Waals surface area contributed by atoms with Crippen LogP contribution in [0, 0.1) is 5.92 Å². The lowest BCUT2D eigenvalue weighted by atomic mass is 9.96. The van der Waals surface area contributed by atoms with Crippen LogP contribution < -0.4 is 10.6 Å². The number of aromatic nitrogens is 2. The minimum Gasteiger partial charge on any atom is -0.350 e. The second-order valence-corrected chi connectivity index (χ2v) is 7.80. The van der Waals surface area contributed by atoms with Gasteiger partial charge >= 0.3 is 0 Å². The number of fused-ring (bicyclic) bond motifs is 1. The molecule has 6 nitrogen and oxygen atoms in total. The van der Waals surface area contributed by atoms with Gasteiger partial charge < -0.3 is 15.0 Å². The van der Waals surface area contributed by atoms with E-state index in [-0.39, 0.29) is 17.7 Å². The summed E-state index contributed by atoms with van der Waals surface area (Å²) in [6, 6.07) is 13.6. The van der Waals surface area contributed by atoms with Crippen molar-refractivity contribution in [1.82, 2.24) is 20.0 Å². The summed E-state index contributed by atoms with van der Waals surface area (Å²) in [4.78, 5) is 29.3. The molecule has 0 radical (unpaired) electrons. The summed E-state index contributed by atoms with van der Waals surface area (Å²) in [5.74, 6) is 0.195. The summed E-state index contributed by atoms with van der Waals surface area (Å²) >= 11 is 0. The van der Waals surface area contributed by atoms with E-state index in [0.29, 0.717) is 12.5 Å². The number of carbonyl (C=O) groups excluding carboxylic acids is 2. The van der Waals surface area contributed by atoms with Crippen LogP contribution in [0.1, 0.15) is 43.2 Å². The van der Waals surface area contributed by atoms with Gasteiger partial charge in [0.05, 0.1) is 0 Å². The minimum atomic E-state index is -0.560. The molecule has 1 aromatic carbocycles. The molecule has 0 spiro atoms. The lowest BCUT2D eigenvalue weighted by Crippen LogP contribution is -2.46. The third-order valence-electron chi connectivity index (χ3n) is 5.74. The molecule has 150 valence electrons. The third kappa shape index (κ3) is 4.47. The Balaban J connectivity index is 1.26. The molecule has 2 amide bonds. The van der Waals surface area contributed by atoms with Crippen LogP contribution >= 0.6 is 0 Å². The van der Waals surface area contributed by atoms with Gasteiger partial charge in [0, 0.05) is 31.1 Å². The van der Waals surface area contributed by atoms with Gasteiger partial charge in [-0.25, -0.2) is 4.98 Å². The van der Waals surface area contributed by atoms with E-state index in [1.807, 2.05) is 47.1 Å². The van der Waals surface area contributed by atoms with Crippen molar-refractivity contribution in [2.75, 3.05) is 0 Å². The van der Waals surface area contributed by atoms with Crippen LogP contribution in [0.3, 0.4) is 0 Å². The number of benzene rings is 1. The Kier molecular flexibility index (Phi) is 5.60. The standard InChI is InChI=1S/C23H26N4O2/c1-16(22(28)25-14-17-7-10-21-24-11-12-27(21)15-17)26-23(29)20-9-8-19(13-20)18-5-3-2-4-6-18/h2-7,10-12,15-16,19-20H,8-9,13-14H2,1H3,(H,25,28)(H,26,29)/t16-,19+,20+/m0/s1. The highest BCUT2D eigenvalue weighted by atomic mass is 16.2. The van der Waals surface area contributed by atoms with Crippen molar-refractivity contribution >= 4 is 17.5 Å². The first-order chi connectivity index (χ1) is 14.1. The predicted molar refractivity (Wildman–Crippen MR) is 111 cm³/mol. The number of imidazole rings is 1. The van der Waals surface area contributed by atoms with Crippen molar-refractivity contribution < 1.29 is 9.59 Å². The van der Waals surface area contributed by atoms with Crippen LogP contribution in [0.15, 0.2) is 61.1 Å². The van der Waals surface area contributed by atoms with E-state index in [9.17, 15) is 9.59 Å². The topological polar surface area (TPSA) is 75.5 Å². The second kappa shape index (κ2) is 8.47. The second-order valence-electron chi connectivity index (χ2n) is 7.80. The van der Waals surface area contributed by atoms with E-state index < -0.39 is 6.04 Å². The molecule has 3 aromatic rings. The van der Waals surface area contributed by atoms with Crippen molar-refractivity contribution in [3.05, 3.63) is 72.2 Å². The van der Waals surface area contributed by atoms with Gasteiger partial charge in [0.1, 0.15) is 11.7 Å². The molecule has 3 atom stereocenters. The molecule has 0 unspecified atom stereocenters. The SMILES string of the molecule is C[C@H](NC(=O)[C@@H]1CC[C@@H](c2ccccc2)C1)C(=O)NCc1ccc2nccn2c1. The summed E-state index contributed by atoms with van der Waals surface area (Å²) in [5.41, 5.74) is 3.14. The minimum absolute atomic E-state index is 0.0223. The normalized spacial score (nSPS) is 19.8. The molecule has 1 saturated carbocycles. The molecule has 4 rings (SSSR count). The first-order valence-electron chi connectivity index (χ1n) is 10.1. The summed E-state index contributed by atoms with van der Waals surface area (Å²) in [6.45, 7) is 2.14. The van der Waals surface area contributed by atoms with Gasteiger partial charge in [-0.3, -0.25) is 9.59 Å². The van der Waals surface area contributed by atoms with Crippen molar-refractivity contribution in [2.24, 2.45) is 5.92 Å². The van der Waals surface area contributed by atoms with Crippen LogP contribution in [0.2, 0.25) is 0 Å². The fraction of sp³-hybridized carbons (Fsp3) is 0.348. The number of hydrogen-bond acceptors (Lipinski definition) is 3. The molecule has 0 aliphatic heterocycles. The number of rotatable bonds is 6. The first-order valence-corrected chi connectivity index (χ1v) is 10.1. The Morgan fingerprint density at radius 2 is 2.00 bits per heavy atom. The number of nitrogens with one attached hydrogen (secondary N) is 2. The number of pyridine rings is 1. The molecule has 29 heavy (non-hydrogen) atoms. The lowest BCUT2D eigenvalue weighted by Gasteiger charge is -2.17. The quantitative estimate of drug-likeness (QED) is 0.679. The highest BCUT2D eigenvalue weighted by Gasteiger charge is 2.31. The van der Waals surface area contributed by atoms with Gasteiger partial charge in [0.2, 0.25) is 11.8 Å². The number of carbonyl (C=O) groups is 2. The van der Waals surface area contributed by atoms with Crippen LogP contribution in [-0.4, -0.2) is 27.2 Å². The smallest absolute Gasteiger partial charge is 0.242 e. The largest absolute Gasteiger partial charge is 0.350 e. The first kappa shape index (κ1) is 19.2. The molecule has 1 aliphatic rings. The third-order valence-corrected chi connectivity index (χ3v) is 5.74. The maximum absolute atomic E-state index is 12.6. The zero-order chi connectivity index (χ0) is 20.2. The summed E-state index contributed by atoms with van der Waals surface area (Å²) in [6.07, 6.45) is 8.27. The maximum atomic E-state index is 12.6. The number of hydrogen-bond donors (Lipinski definition) is 2. The maximum Gasteiger partial charge on any atom is 0.242 e. The van der Waals surface area contributed by atoms with Gasteiger partial charge in [0.25, 0.3) is 0 Å². The van der Waals surface area contributed by atoms with Crippen molar-refractivity contribution in [3.8, 4) is 0 Å². The fourth-order valence-corrected chi connectivity index (χ4v) is 4.06. The average Bonchev–Trinajstić information content (AvgIpc) is 3.41. The summed E-state index contributed by atoms with van der Waals surface area (Å²) in [7, 11) is 0. The summed E-state index contributed by atoms with van der Waals surface area (Å²) < 4.78 is 1.91. The molecule has 0 saturated heterocycles. The molecular formula is C23H26N4O2. The van der Waals surface area contributed by atoms with E-state index in [1.165, 1.54) is 5.56 Å². The van der Waals surface area contributed by atoms with E-state index in [1.54, 1.807) is 13.1 Å². The Labute approximate surface area is 170 Å². The Bertz CT molecular complexity index is 998. The van der Waals surface area contributed by atoms with Crippen molar-refractivity contribution in [2.45, 2.75) is 44.7 Å². The van der Waals surface area contributed by atoms with Crippen LogP contribution in [-0.2, 0) is 16.1 Å². The van der Waals surface area contributed by atoms with Gasteiger partial charge in [-0.1, -0.05) is 36.4 Å². The lowest BCUT2D eigenvalue weighted by molar-refractivity contribution is -0.130. The Morgan fingerprint density at radius 1 is 1.17 bits per heavy atom. The monoisotopic (exact) mass is 390 g/mol. The molecule has 1 aliphatic carbocycles. The van der Waals surface area contributed by atoms with E-state index in [2.05, 4.69) is 27.8 Å². The number of nitrogens with zero attached hydrogens (tertiary/aromatic N) is 2. The Morgan fingerprint density at radius 3 is 2.83 bits per heavy atom. The zero-order valence-corrected chi connectivity index (χ0v) is 16.5. The van der Waals surface area contributed by atoms with E-state index >= 15 is 0 Å². The molecule has 2 N–H and O–H groups in total. The molecule has 0 bridgehead atoms. The predicted octanol–water partition coefficient (Wildman–Crippen LogP) is 3.04. The molecule has 6 heteroatoms. The molecule has 2 heterocycles. The number of amides is 2. The highest BCUT2D eigenvalue weighted by Crippen LogP contribution is 2.38. The van der Waals surface area contributed by atoms with Crippen LogP contribution in [0.4, 0.5) is 0 Å². The van der Waals surface area contributed by atoms with Gasteiger partial charge in [0.15, 0.2) is 0 Å². The van der Waals surface area contributed by atoms with Crippen LogP contribution in [0.25, 0.3) is 5.65 Å². The average molecular weight is 390 g/mol. The zero-order valence-electron chi connectivity index (χ0n) is 16.5. The van der Waals surface area contributed by atoms with Gasteiger partial charge in [-0.15, -0.1) is 0 Å². The molecule has 1 fully saturated rings. The summed E-state index contributed by atoms with van der Waals surface area (Å²) in [5, 5.41) is 5.79. The molecule has 2 aromatic heterocycles. The molecular weight excluding hydrogens is 364 g/mol.